The number of nitrogens with one attached hydrogen (secondary N) is 1. The fraction of sp³-hybridized carbons (Fsp3) is 0.222. The molecule has 1 aromatic heterocycles. The number of aliphatic hydroxyl groups is 1. The molecule has 0 aliphatic rings. The van der Waals surface area contributed by atoms with Gasteiger partial charge in [-0.15, -0.1) is 12.4 Å². The zero-order valence-corrected chi connectivity index (χ0v) is 15.2. The summed E-state index contributed by atoms with van der Waals surface area (Å²) in [6.07, 6.45) is 1.54. The first-order valence-corrected chi connectivity index (χ1v) is 8.13. The van der Waals surface area contributed by atoms with Gasteiger partial charge in [-0.05, 0) is 36.9 Å². The van der Waals surface area contributed by atoms with Crippen LogP contribution in [0.3, 0.4) is 0 Å². The molecule has 0 fully saturated rings. The molecule has 0 aliphatic carbocycles. The molecule has 2 atom stereocenters. The van der Waals surface area contributed by atoms with E-state index in [9.17, 15) is 5.11 Å². The van der Waals surface area contributed by atoms with E-state index in [-0.39, 0.29) is 18.4 Å². The third kappa shape index (κ3) is 3.78. The number of likely N-dealkylation sites (N-methyl/N-ethyl adjacent to an activating group) is 1. The summed E-state index contributed by atoms with van der Waals surface area (Å²) in [5, 5.41) is 14.9. The van der Waals surface area contributed by atoms with E-state index in [0.29, 0.717) is 6.54 Å². The Hall–Kier alpha value is -1.33. The number of rotatable bonds is 5. The molecule has 122 valence electrons. The van der Waals surface area contributed by atoms with E-state index >= 15 is 0 Å². The molecule has 23 heavy (non-hydrogen) atoms. The predicted molar refractivity (Wildman–Crippen MR) is 101 cm³/mol. The van der Waals surface area contributed by atoms with E-state index in [1.165, 1.54) is 0 Å². The lowest BCUT2D eigenvalue weighted by molar-refractivity contribution is 0.132. The van der Waals surface area contributed by atoms with Gasteiger partial charge in [-0.2, -0.15) is 0 Å². The number of fused-ring (bicyclic) bond motifs is 1. The van der Waals surface area contributed by atoms with Crippen LogP contribution in [0.2, 0.25) is 0 Å². The van der Waals surface area contributed by atoms with Crippen molar-refractivity contribution in [1.29, 1.82) is 0 Å². The van der Waals surface area contributed by atoms with Gasteiger partial charge in [-0.3, -0.25) is 0 Å². The molecule has 0 aliphatic heterocycles. The highest BCUT2D eigenvalue weighted by atomic mass is 79.9. The van der Waals surface area contributed by atoms with Crippen LogP contribution < -0.4 is 5.32 Å². The molecule has 5 heteroatoms. The Kier molecular flexibility index (Phi) is 6.25. The minimum absolute atomic E-state index is 0. The lowest BCUT2D eigenvalue weighted by Crippen LogP contribution is -2.33. The Morgan fingerprint density at radius 1 is 1.13 bits per heavy atom. The number of halogens is 2. The monoisotopic (exact) mass is 394 g/mol. The fourth-order valence-corrected chi connectivity index (χ4v) is 3.30. The van der Waals surface area contributed by atoms with Gasteiger partial charge in [0.25, 0.3) is 0 Å². The van der Waals surface area contributed by atoms with Gasteiger partial charge < -0.3 is 15.0 Å². The van der Waals surface area contributed by atoms with Crippen molar-refractivity contribution < 1.29 is 5.11 Å². The normalized spacial score (nSPS) is 13.5. The average Bonchev–Trinajstić information content (AvgIpc) is 2.92. The maximum absolute atomic E-state index is 10.7. The van der Waals surface area contributed by atoms with E-state index in [2.05, 4.69) is 56.1 Å². The smallest absolute Gasteiger partial charge is 0.0912 e. The summed E-state index contributed by atoms with van der Waals surface area (Å²) in [5.41, 5.74) is 2.22. The van der Waals surface area contributed by atoms with E-state index < -0.39 is 6.10 Å². The number of aliphatic hydroxyl groups excluding tert-OH is 1. The van der Waals surface area contributed by atoms with Gasteiger partial charge >= 0.3 is 0 Å². The molecule has 0 radical (unpaired) electrons. The van der Waals surface area contributed by atoms with Crippen molar-refractivity contribution >= 4 is 39.2 Å². The van der Waals surface area contributed by atoms with Crippen LogP contribution in [0, 0.1) is 0 Å². The summed E-state index contributed by atoms with van der Waals surface area (Å²) in [6.45, 7) is 0.537. The van der Waals surface area contributed by atoms with Crippen molar-refractivity contribution in [3.63, 3.8) is 0 Å². The van der Waals surface area contributed by atoms with Gasteiger partial charge in [0, 0.05) is 28.1 Å². The molecule has 3 nitrogen and oxygen atoms in total. The molecule has 3 rings (SSSR count). The zero-order chi connectivity index (χ0) is 15.5. The molecular formula is C18H20BrClN2O. The second kappa shape index (κ2) is 7.97. The molecule has 0 spiro atoms. The summed E-state index contributed by atoms with van der Waals surface area (Å²) in [4.78, 5) is 0. The average molecular weight is 396 g/mol. The largest absolute Gasteiger partial charge is 0.389 e. The van der Waals surface area contributed by atoms with E-state index in [1.54, 1.807) is 0 Å². The van der Waals surface area contributed by atoms with Gasteiger partial charge in [0.15, 0.2) is 0 Å². The Morgan fingerprint density at radius 3 is 2.57 bits per heavy atom. The summed E-state index contributed by atoms with van der Waals surface area (Å²) in [6, 6.07) is 18.3. The van der Waals surface area contributed by atoms with E-state index in [1.807, 2.05) is 37.5 Å². The van der Waals surface area contributed by atoms with Crippen molar-refractivity contribution in [3.8, 4) is 0 Å². The molecule has 3 aromatic rings. The van der Waals surface area contributed by atoms with Crippen molar-refractivity contribution in [1.82, 2.24) is 9.88 Å². The molecule has 0 bridgehead atoms. The molecule has 0 saturated carbocycles. The molecule has 0 unspecified atom stereocenters. The third-order valence-electron chi connectivity index (χ3n) is 3.90. The first-order chi connectivity index (χ1) is 10.7. The lowest BCUT2D eigenvalue weighted by Gasteiger charge is -2.26. The summed E-state index contributed by atoms with van der Waals surface area (Å²) in [5.74, 6) is 0. The van der Waals surface area contributed by atoms with Crippen molar-refractivity contribution in [2.24, 2.45) is 0 Å². The van der Waals surface area contributed by atoms with Crippen molar-refractivity contribution in [2.45, 2.75) is 12.1 Å². The van der Waals surface area contributed by atoms with Crippen LogP contribution in [0.5, 0.6) is 0 Å². The van der Waals surface area contributed by atoms with Gasteiger partial charge in [0.2, 0.25) is 0 Å². The molecule has 2 aromatic carbocycles. The van der Waals surface area contributed by atoms with Crippen molar-refractivity contribution in [2.75, 3.05) is 13.6 Å². The number of hydrogen-bond donors (Lipinski definition) is 2. The number of nitrogens with zero attached hydrogens (tertiary/aromatic N) is 1. The Morgan fingerprint density at radius 2 is 1.87 bits per heavy atom. The number of hydrogen-bond acceptors (Lipinski definition) is 2. The molecule has 1 heterocycles. The highest BCUT2D eigenvalue weighted by Crippen LogP contribution is 2.29. The minimum atomic E-state index is -0.508. The molecular weight excluding hydrogens is 376 g/mol. The standard InChI is InChI=1S/C18H19BrN2O.ClH/c1-20-12-17(22)18(13-5-3-2-4-6-13)21-10-9-14-11-15(19)7-8-16(14)21;/h2-11,17-18,20,22H,12H2,1H3;1H/t17-,18+;/m1./s1. The van der Waals surface area contributed by atoms with Crippen LogP contribution in [0.1, 0.15) is 11.6 Å². The summed E-state index contributed by atoms with van der Waals surface area (Å²) < 4.78 is 3.21. The maximum Gasteiger partial charge on any atom is 0.0912 e. The van der Waals surface area contributed by atoms with Gasteiger partial charge in [-0.25, -0.2) is 0 Å². The van der Waals surface area contributed by atoms with Gasteiger partial charge in [-0.1, -0.05) is 46.3 Å². The Bertz CT molecular complexity index is 760. The second-order valence-corrected chi connectivity index (χ2v) is 6.32. The highest BCUT2D eigenvalue weighted by Gasteiger charge is 2.23. The Balaban J connectivity index is 0.00000192. The van der Waals surface area contributed by atoms with Crippen LogP contribution in [-0.4, -0.2) is 29.4 Å². The first kappa shape index (κ1) is 18.0. The second-order valence-electron chi connectivity index (χ2n) is 5.41. The quantitative estimate of drug-likeness (QED) is 0.685. The van der Waals surface area contributed by atoms with Crippen LogP contribution in [0.4, 0.5) is 0 Å². The third-order valence-corrected chi connectivity index (χ3v) is 4.39. The molecule has 0 amide bonds. The number of benzene rings is 2. The van der Waals surface area contributed by atoms with Crippen LogP contribution in [0.25, 0.3) is 10.9 Å². The van der Waals surface area contributed by atoms with Gasteiger partial charge in [0.05, 0.1) is 12.1 Å². The first-order valence-electron chi connectivity index (χ1n) is 7.34. The maximum atomic E-state index is 10.7. The van der Waals surface area contributed by atoms with E-state index in [4.69, 9.17) is 0 Å². The summed E-state index contributed by atoms with van der Waals surface area (Å²) >= 11 is 3.51. The Labute approximate surface area is 150 Å². The van der Waals surface area contributed by atoms with Crippen molar-refractivity contribution in [3.05, 3.63) is 70.8 Å². The fourth-order valence-electron chi connectivity index (χ4n) is 2.92. The van der Waals surface area contributed by atoms with Crippen LogP contribution >= 0.6 is 28.3 Å². The van der Waals surface area contributed by atoms with E-state index in [0.717, 1.165) is 20.9 Å². The zero-order valence-electron chi connectivity index (χ0n) is 12.8. The number of aromatic nitrogens is 1. The van der Waals surface area contributed by atoms with Crippen LogP contribution in [-0.2, 0) is 0 Å². The highest BCUT2D eigenvalue weighted by molar-refractivity contribution is 9.10. The topological polar surface area (TPSA) is 37.2 Å². The molecule has 2 N–H and O–H groups in total. The van der Waals surface area contributed by atoms with Gasteiger partial charge in [0.1, 0.15) is 0 Å². The minimum Gasteiger partial charge on any atom is -0.389 e. The SMILES string of the molecule is CNC[C@@H](O)[C@H](c1ccccc1)n1ccc2cc(Br)ccc21.Cl. The molecule has 0 saturated heterocycles. The van der Waals surface area contributed by atoms with Crippen LogP contribution in [0.15, 0.2) is 65.3 Å². The lowest BCUT2D eigenvalue weighted by atomic mass is 10.0. The predicted octanol–water partition coefficient (Wildman–Crippen LogP) is 4.00. The summed E-state index contributed by atoms with van der Waals surface area (Å²) in [7, 11) is 1.86.